The molecule has 1 aromatic heterocycles. The van der Waals surface area contributed by atoms with Gasteiger partial charge in [-0.1, -0.05) is 17.3 Å². The van der Waals surface area contributed by atoms with E-state index >= 15 is 0 Å². The minimum Gasteiger partial charge on any atom is -0.493 e. The zero-order valence-corrected chi connectivity index (χ0v) is 20.3. The smallest absolute Gasteiger partial charge is 0.322 e. The van der Waals surface area contributed by atoms with Gasteiger partial charge in [-0.2, -0.15) is 4.98 Å². The molecule has 1 N–H and O–H groups in total. The largest absolute Gasteiger partial charge is 0.493 e. The van der Waals surface area contributed by atoms with Crippen molar-refractivity contribution in [3.63, 3.8) is 0 Å². The van der Waals surface area contributed by atoms with Crippen LogP contribution in [0.3, 0.4) is 0 Å². The molecule has 3 aromatic rings. The first-order chi connectivity index (χ1) is 17.5. The molecule has 3 heterocycles. The highest BCUT2D eigenvalue weighted by Gasteiger charge is 2.37. The van der Waals surface area contributed by atoms with Crippen LogP contribution >= 0.6 is 0 Å². The molecular weight excluding hydrogens is 467 g/mol. The number of amides is 2. The molecule has 5 rings (SSSR count). The summed E-state index contributed by atoms with van der Waals surface area (Å²) in [6.07, 6.45) is 1.78. The van der Waals surface area contributed by atoms with Crippen molar-refractivity contribution >= 4 is 11.6 Å². The zero-order chi connectivity index (χ0) is 25.2. The molecule has 0 saturated carbocycles. The monoisotopic (exact) mass is 494 g/mol. The SMILES string of the molecule is COc1ccc(-c2noc(C3=C(C)N(CC4CCCO4)C(=O)NC3c3cccc(F)c3)n2)cc1OC. The Labute approximate surface area is 207 Å². The van der Waals surface area contributed by atoms with E-state index in [0.717, 1.165) is 12.8 Å². The van der Waals surface area contributed by atoms with Crippen LogP contribution in [-0.2, 0) is 4.74 Å². The Morgan fingerprint density at radius 3 is 2.72 bits per heavy atom. The number of carbonyl (C=O) groups excluding carboxylic acids is 1. The number of hydrogen-bond acceptors (Lipinski definition) is 7. The Bertz CT molecular complexity index is 1300. The van der Waals surface area contributed by atoms with Crippen molar-refractivity contribution in [3.8, 4) is 22.9 Å². The van der Waals surface area contributed by atoms with Crippen molar-refractivity contribution in [1.29, 1.82) is 0 Å². The normalized spacial score (nSPS) is 20.0. The molecule has 36 heavy (non-hydrogen) atoms. The lowest BCUT2D eigenvalue weighted by Gasteiger charge is -2.36. The minimum atomic E-state index is -0.673. The highest BCUT2D eigenvalue weighted by Crippen LogP contribution is 2.38. The molecule has 0 spiro atoms. The summed E-state index contributed by atoms with van der Waals surface area (Å²) >= 11 is 0. The van der Waals surface area contributed by atoms with Gasteiger partial charge in [0.1, 0.15) is 5.82 Å². The number of hydrogen-bond donors (Lipinski definition) is 1. The number of nitrogens with one attached hydrogen (secondary N) is 1. The lowest BCUT2D eigenvalue weighted by Crippen LogP contribution is -2.48. The third kappa shape index (κ3) is 4.51. The van der Waals surface area contributed by atoms with Crippen LogP contribution in [0.4, 0.5) is 9.18 Å². The molecule has 1 saturated heterocycles. The number of methoxy groups -OCH3 is 2. The first kappa shape index (κ1) is 23.8. The van der Waals surface area contributed by atoms with Crippen molar-refractivity contribution < 1.29 is 27.9 Å². The fourth-order valence-corrected chi connectivity index (χ4v) is 4.63. The van der Waals surface area contributed by atoms with E-state index in [-0.39, 0.29) is 18.0 Å². The van der Waals surface area contributed by atoms with Crippen LogP contribution in [-0.4, -0.2) is 54.5 Å². The molecular formula is C26H27FN4O5. The number of urea groups is 1. The summed E-state index contributed by atoms with van der Waals surface area (Å²) in [4.78, 5) is 19.4. The van der Waals surface area contributed by atoms with Crippen LogP contribution in [0.15, 0.2) is 52.7 Å². The van der Waals surface area contributed by atoms with Gasteiger partial charge in [0.25, 0.3) is 5.89 Å². The molecule has 0 radical (unpaired) electrons. The maximum atomic E-state index is 14.1. The van der Waals surface area contributed by atoms with E-state index in [0.29, 0.717) is 52.9 Å². The van der Waals surface area contributed by atoms with Gasteiger partial charge in [0.15, 0.2) is 11.5 Å². The summed E-state index contributed by atoms with van der Waals surface area (Å²) in [6.45, 7) is 2.91. The van der Waals surface area contributed by atoms with Crippen LogP contribution < -0.4 is 14.8 Å². The lowest BCUT2D eigenvalue weighted by molar-refractivity contribution is 0.0877. The van der Waals surface area contributed by atoms with Crippen molar-refractivity contribution in [2.24, 2.45) is 0 Å². The van der Waals surface area contributed by atoms with Gasteiger partial charge in [-0.3, -0.25) is 4.90 Å². The second kappa shape index (κ2) is 9.98. The van der Waals surface area contributed by atoms with Crippen LogP contribution in [0.2, 0.25) is 0 Å². The molecule has 2 aliphatic heterocycles. The number of benzene rings is 2. The van der Waals surface area contributed by atoms with Crippen LogP contribution in [0.5, 0.6) is 11.5 Å². The van der Waals surface area contributed by atoms with Crippen molar-refractivity contribution in [2.75, 3.05) is 27.4 Å². The maximum Gasteiger partial charge on any atom is 0.322 e. The second-order valence-corrected chi connectivity index (χ2v) is 8.68. The van der Waals surface area contributed by atoms with Crippen LogP contribution in [0.1, 0.15) is 37.3 Å². The Morgan fingerprint density at radius 1 is 1.17 bits per heavy atom. The van der Waals surface area contributed by atoms with E-state index in [1.54, 1.807) is 49.5 Å². The predicted octanol–water partition coefficient (Wildman–Crippen LogP) is 4.57. The summed E-state index contributed by atoms with van der Waals surface area (Å²) in [6, 6.07) is 10.4. The lowest BCUT2D eigenvalue weighted by atomic mass is 9.94. The highest BCUT2D eigenvalue weighted by molar-refractivity contribution is 5.87. The average Bonchev–Trinajstić information content (AvgIpc) is 3.58. The number of carbonyl (C=O) groups is 1. The standard InChI is InChI=1S/C26H27FN4O5/c1-15-22(25-29-24(30-36-25)17-9-10-20(33-2)21(13-17)34-3)23(16-6-4-7-18(27)12-16)28-26(32)31(15)14-19-8-5-11-35-19/h4,6-7,9-10,12-13,19,23H,5,8,11,14H2,1-3H3,(H,28,32). The average molecular weight is 495 g/mol. The predicted molar refractivity (Wildman–Crippen MR) is 129 cm³/mol. The quantitative estimate of drug-likeness (QED) is 0.514. The number of allylic oxidation sites excluding steroid dienone is 1. The molecule has 10 heteroatoms. The van der Waals surface area contributed by atoms with E-state index in [2.05, 4.69) is 15.5 Å². The van der Waals surface area contributed by atoms with Gasteiger partial charge in [0.05, 0.1) is 38.5 Å². The number of nitrogens with zero attached hydrogens (tertiary/aromatic N) is 3. The molecule has 0 aliphatic carbocycles. The van der Waals surface area contributed by atoms with Crippen molar-refractivity contribution in [1.82, 2.24) is 20.4 Å². The topological polar surface area (TPSA) is 99.0 Å². The van der Waals surface area contributed by atoms with Crippen LogP contribution in [0, 0.1) is 5.82 Å². The summed E-state index contributed by atoms with van der Waals surface area (Å²) in [5.74, 6) is 1.27. The Kier molecular flexibility index (Phi) is 6.60. The first-order valence-electron chi connectivity index (χ1n) is 11.7. The zero-order valence-electron chi connectivity index (χ0n) is 20.3. The van der Waals surface area contributed by atoms with E-state index in [1.165, 1.54) is 12.1 Å². The first-order valence-corrected chi connectivity index (χ1v) is 11.7. The summed E-state index contributed by atoms with van der Waals surface area (Å²) in [7, 11) is 3.11. The van der Waals surface area contributed by atoms with Gasteiger partial charge in [0, 0.05) is 17.9 Å². The summed E-state index contributed by atoms with van der Waals surface area (Å²) in [5.41, 5.74) is 2.48. The molecule has 1 fully saturated rings. The molecule has 9 nitrogen and oxygen atoms in total. The van der Waals surface area contributed by atoms with Crippen molar-refractivity contribution in [3.05, 3.63) is 65.4 Å². The van der Waals surface area contributed by atoms with E-state index < -0.39 is 11.9 Å². The van der Waals surface area contributed by atoms with Crippen LogP contribution in [0.25, 0.3) is 17.0 Å². The Balaban J connectivity index is 1.57. The van der Waals surface area contributed by atoms with Gasteiger partial charge >= 0.3 is 6.03 Å². The molecule has 2 aromatic carbocycles. The molecule has 2 amide bonds. The van der Waals surface area contributed by atoms with Gasteiger partial charge in [-0.15, -0.1) is 0 Å². The molecule has 0 bridgehead atoms. The molecule has 2 atom stereocenters. The Morgan fingerprint density at radius 2 is 2.00 bits per heavy atom. The second-order valence-electron chi connectivity index (χ2n) is 8.68. The molecule has 2 unspecified atom stereocenters. The number of ether oxygens (including phenoxy) is 3. The van der Waals surface area contributed by atoms with Gasteiger partial charge in [0.2, 0.25) is 5.82 Å². The van der Waals surface area contributed by atoms with Gasteiger partial charge < -0.3 is 24.1 Å². The summed E-state index contributed by atoms with van der Waals surface area (Å²) in [5, 5.41) is 7.16. The highest BCUT2D eigenvalue weighted by atomic mass is 19.1. The minimum absolute atomic E-state index is 0.0531. The summed E-state index contributed by atoms with van der Waals surface area (Å²) < 4.78 is 36.3. The van der Waals surface area contributed by atoms with E-state index in [4.69, 9.17) is 18.7 Å². The number of aromatic nitrogens is 2. The van der Waals surface area contributed by atoms with Gasteiger partial charge in [-0.25, -0.2) is 9.18 Å². The third-order valence-corrected chi connectivity index (χ3v) is 6.49. The number of halogens is 1. The Hall–Kier alpha value is -3.92. The third-order valence-electron chi connectivity index (χ3n) is 6.49. The van der Waals surface area contributed by atoms with E-state index in [9.17, 15) is 9.18 Å². The molecule has 2 aliphatic rings. The fourth-order valence-electron chi connectivity index (χ4n) is 4.63. The fraction of sp³-hybridized carbons (Fsp3) is 0.346. The van der Waals surface area contributed by atoms with Gasteiger partial charge in [-0.05, 0) is 55.7 Å². The molecule has 188 valence electrons. The van der Waals surface area contributed by atoms with E-state index in [1.807, 2.05) is 6.92 Å². The van der Waals surface area contributed by atoms with Crippen molar-refractivity contribution in [2.45, 2.75) is 31.9 Å². The number of rotatable bonds is 7. The maximum absolute atomic E-state index is 14.1.